The molecule has 1 aromatic rings. The maximum absolute atomic E-state index is 14.1. The third-order valence-corrected chi connectivity index (χ3v) is 5.56. The van der Waals surface area contributed by atoms with E-state index < -0.39 is 26.6 Å². The number of hydrogen-bond donors (Lipinski definition) is 3. The number of rotatable bonds is 7. The highest BCUT2D eigenvalue weighted by molar-refractivity contribution is 7.89. The van der Waals surface area contributed by atoms with Crippen molar-refractivity contribution in [2.45, 2.75) is 18.2 Å². The van der Waals surface area contributed by atoms with Crippen LogP contribution in [0.15, 0.2) is 17.0 Å². The van der Waals surface area contributed by atoms with Gasteiger partial charge in [0.15, 0.2) is 0 Å². The van der Waals surface area contributed by atoms with Crippen LogP contribution >= 0.6 is 11.6 Å². The van der Waals surface area contributed by atoms with Gasteiger partial charge in [0.2, 0.25) is 15.9 Å². The summed E-state index contributed by atoms with van der Waals surface area (Å²) in [6.07, 6.45) is 0.624. The van der Waals surface area contributed by atoms with Gasteiger partial charge in [-0.15, -0.1) is 0 Å². The van der Waals surface area contributed by atoms with Crippen LogP contribution in [0, 0.1) is 5.82 Å². The highest BCUT2D eigenvalue weighted by atomic mass is 35.5. The standard InChI is InChI=1S/C15H22ClFN4O3S/c1-11(22)20-14-10-13(17)15(9-12(14)16)25(23,24)19-3-2-6-21-7-4-18-5-8-21/h9-10,18-19H,2-8H2,1H3,(H,20,22). The molecule has 1 heterocycles. The number of sulfonamides is 1. The number of nitrogens with one attached hydrogen (secondary N) is 3. The number of amides is 1. The molecule has 10 heteroatoms. The molecule has 0 aromatic heterocycles. The first-order chi connectivity index (χ1) is 11.8. The normalized spacial score (nSPS) is 16.0. The van der Waals surface area contributed by atoms with Crippen LogP contribution < -0.4 is 15.4 Å². The first-order valence-corrected chi connectivity index (χ1v) is 9.85. The monoisotopic (exact) mass is 392 g/mol. The van der Waals surface area contributed by atoms with Crippen molar-refractivity contribution in [3.63, 3.8) is 0 Å². The SMILES string of the molecule is CC(=O)Nc1cc(F)c(S(=O)(=O)NCCCN2CCNCC2)cc1Cl. The molecule has 0 aliphatic carbocycles. The molecule has 0 saturated carbocycles. The number of piperazine rings is 1. The summed E-state index contributed by atoms with van der Waals surface area (Å²) in [5, 5.41) is 5.55. The summed E-state index contributed by atoms with van der Waals surface area (Å²) in [7, 11) is -4.01. The fraction of sp³-hybridized carbons (Fsp3) is 0.533. The molecule has 140 valence electrons. The van der Waals surface area contributed by atoms with Crippen molar-refractivity contribution >= 4 is 33.2 Å². The highest BCUT2D eigenvalue weighted by Gasteiger charge is 2.21. The lowest BCUT2D eigenvalue weighted by Gasteiger charge is -2.27. The number of halogens is 2. The van der Waals surface area contributed by atoms with Crippen LogP contribution in [0.2, 0.25) is 5.02 Å². The summed E-state index contributed by atoms with van der Waals surface area (Å²) in [6, 6.07) is 1.90. The van der Waals surface area contributed by atoms with Crippen LogP contribution in [-0.4, -0.2) is 58.5 Å². The number of anilines is 1. The number of nitrogens with zero attached hydrogens (tertiary/aromatic N) is 1. The average molecular weight is 393 g/mol. The Morgan fingerprint density at radius 3 is 2.68 bits per heavy atom. The van der Waals surface area contributed by atoms with E-state index in [9.17, 15) is 17.6 Å². The topological polar surface area (TPSA) is 90.5 Å². The quantitative estimate of drug-likeness (QED) is 0.602. The van der Waals surface area contributed by atoms with E-state index in [4.69, 9.17) is 11.6 Å². The van der Waals surface area contributed by atoms with Crippen molar-refractivity contribution in [2.75, 3.05) is 44.6 Å². The molecule has 3 N–H and O–H groups in total. The van der Waals surface area contributed by atoms with Crippen molar-refractivity contribution in [1.29, 1.82) is 0 Å². The fourth-order valence-electron chi connectivity index (χ4n) is 2.54. The van der Waals surface area contributed by atoms with Gasteiger partial charge in [0, 0.05) is 45.7 Å². The van der Waals surface area contributed by atoms with Crippen LogP contribution in [0.25, 0.3) is 0 Å². The second-order valence-corrected chi connectivity index (χ2v) is 7.93. The Kier molecular flexibility index (Phi) is 7.14. The fourth-order valence-corrected chi connectivity index (χ4v) is 3.97. The molecule has 1 aliphatic heterocycles. The van der Waals surface area contributed by atoms with Crippen molar-refractivity contribution in [2.24, 2.45) is 0 Å². The van der Waals surface area contributed by atoms with Gasteiger partial charge in [0.1, 0.15) is 10.7 Å². The van der Waals surface area contributed by atoms with Crippen LogP contribution in [-0.2, 0) is 14.8 Å². The molecule has 7 nitrogen and oxygen atoms in total. The Labute approximate surface area is 152 Å². The Bertz CT molecular complexity index is 724. The Morgan fingerprint density at radius 2 is 2.04 bits per heavy atom. The minimum absolute atomic E-state index is 0.0318. The maximum atomic E-state index is 14.1. The zero-order chi connectivity index (χ0) is 18.4. The number of carbonyl (C=O) groups excluding carboxylic acids is 1. The third kappa shape index (κ3) is 5.89. The molecule has 1 amide bonds. The van der Waals surface area contributed by atoms with Gasteiger partial charge in [-0.05, 0) is 19.0 Å². The van der Waals surface area contributed by atoms with Crippen LogP contribution in [0.3, 0.4) is 0 Å². The molecule has 0 radical (unpaired) electrons. The second kappa shape index (κ2) is 8.91. The number of hydrogen-bond acceptors (Lipinski definition) is 5. The zero-order valence-electron chi connectivity index (χ0n) is 13.9. The minimum atomic E-state index is -4.01. The molecule has 2 rings (SSSR count). The van der Waals surface area contributed by atoms with E-state index >= 15 is 0 Å². The Balaban J connectivity index is 1.96. The molecule has 1 saturated heterocycles. The predicted octanol–water partition coefficient (Wildman–Crippen LogP) is 1.01. The minimum Gasteiger partial charge on any atom is -0.325 e. The maximum Gasteiger partial charge on any atom is 0.243 e. The van der Waals surface area contributed by atoms with E-state index in [1.54, 1.807) is 0 Å². The lowest BCUT2D eigenvalue weighted by Crippen LogP contribution is -2.44. The van der Waals surface area contributed by atoms with Gasteiger partial charge in [-0.1, -0.05) is 11.6 Å². The molecular formula is C15H22ClFN4O3S. The summed E-state index contributed by atoms with van der Waals surface area (Å²) in [5.41, 5.74) is 0.0318. The number of carbonyl (C=O) groups is 1. The highest BCUT2D eigenvalue weighted by Crippen LogP contribution is 2.28. The zero-order valence-corrected chi connectivity index (χ0v) is 15.5. The van der Waals surface area contributed by atoms with Crippen molar-refractivity contribution in [1.82, 2.24) is 14.9 Å². The molecule has 0 spiro atoms. The van der Waals surface area contributed by atoms with Crippen LogP contribution in [0.4, 0.5) is 10.1 Å². The first-order valence-electron chi connectivity index (χ1n) is 7.99. The first kappa shape index (κ1) is 20.1. The molecule has 1 aromatic carbocycles. The van der Waals surface area contributed by atoms with E-state index in [1.807, 2.05) is 0 Å². The van der Waals surface area contributed by atoms with Crippen molar-refractivity contribution in [3.8, 4) is 0 Å². The molecule has 1 aliphatic rings. The van der Waals surface area contributed by atoms with Gasteiger partial charge < -0.3 is 15.5 Å². The third-order valence-electron chi connectivity index (χ3n) is 3.77. The number of benzene rings is 1. The van der Waals surface area contributed by atoms with Gasteiger partial charge in [-0.3, -0.25) is 4.79 Å². The second-order valence-electron chi connectivity index (χ2n) is 5.79. The molecular weight excluding hydrogens is 371 g/mol. The Morgan fingerprint density at radius 1 is 1.36 bits per heavy atom. The summed E-state index contributed by atoms with van der Waals surface area (Å²) in [5.74, 6) is -1.40. The average Bonchev–Trinajstić information content (AvgIpc) is 2.55. The van der Waals surface area contributed by atoms with Crippen LogP contribution in [0.5, 0.6) is 0 Å². The van der Waals surface area contributed by atoms with Crippen molar-refractivity contribution < 1.29 is 17.6 Å². The smallest absolute Gasteiger partial charge is 0.243 e. The van der Waals surface area contributed by atoms with Gasteiger partial charge in [0.25, 0.3) is 0 Å². The van der Waals surface area contributed by atoms with Gasteiger partial charge in [-0.25, -0.2) is 17.5 Å². The molecule has 0 unspecified atom stereocenters. The van der Waals surface area contributed by atoms with Gasteiger partial charge in [-0.2, -0.15) is 0 Å². The molecule has 1 fully saturated rings. The van der Waals surface area contributed by atoms with Crippen molar-refractivity contribution in [3.05, 3.63) is 23.0 Å². The van der Waals surface area contributed by atoms with E-state index in [-0.39, 0.29) is 17.3 Å². The summed E-state index contributed by atoms with van der Waals surface area (Å²) in [4.78, 5) is 12.7. The lowest BCUT2D eigenvalue weighted by molar-refractivity contribution is -0.114. The molecule has 0 atom stereocenters. The van der Waals surface area contributed by atoms with Gasteiger partial charge in [0.05, 0.1) is 10.7 Å². The lowest BCUT2D eigenvalue weighted by atomic mass is 10.3. The largest absolute Gasteiger partial charge is 0.325 e. The molecule has 25 heavy (non-hydrogen) atoms. The van der Waals surface area contributed by atoms with Gasteiger partial charge >= 0.3 is 0 Å². The summed E-state index contributed by atoms with van der Waals surface area (Å²) >= 11 is 5.93. The van der Waals surface area contributed by atoms with E-state index in [0.29, 0.717) is 6.42 Å². The van der Waals surface area contributed by atoms with E-state index in [2.05, 4.69) is 20.3 Å². The molecule has 0 bridgehead atoms. The van der Waals surface area contributed by atoms with E-state index in [0.717, 1.165) is 44.9 Å². The van der Waals surface area contributed by atoms with Crippen LogP contribution in [0.1, 0.15) is 13.3 Å². The Hall–Kier alpha value is -1.26. The summed E-state index contributed by atoms with van der Waals surface area (Å²) < 4.78 is 41.1. The van der Waals surface area contributed by atoms with E-state index in [1.165, 1.54) is 6.92 Å². The predicted molar refractivity (Wildman–Crippen MR) is 94.8 cm³/mol. The summed E-state index contributed by atoms with van der Waals surface area (Å²) in [6.45, 7) is 5.94.